The third kappa shape index (κ3) is 4.12. The Kier molecular flexibility index (Phi) is 5.09. The van der Waals surface area contributed by atoms with Crippen LogP contribution in [0, 0.1) is 0 Å². The first-order valence-electron chi connectivity index (χ1n) is 7.31. The number of nitrogens with zero attached hydrogens (tertiary/aromatic N) is 1. The summed E-state index contributed by atoms with van der Waals surface area (Å²) < 4.78 is 0. The van der Waals surface area contributed by atoms with Gasteiger partial charge < -0.3 is 10.4 Å². The Morgan fingerprint density at radius 2 is 2.00 bits per heavy atom. The molecule has 1 aromatic carbocycles. The summed E-state index contributed by atoms with van der Waals surface area (Å²) in [4.78, 5) is 25.4. The van der Waals surface area contributed by atoms with E-state index in [9.17, 15) is 14.7 Å². The molecule has 2 atom stereocenters. The van der Waals surface area contributed by atoms with Crippen LogP contribution in [0.3, 0.4) is 0 Å². The van der Waals surface area contributed by atoms with Crippen molar-refractivity contribution in [3.05, 3.63) is 29.8 Å². The molecule has 1 aliphatic heterocycles. The molecular formula is C16H22N2O3. The number of carbonyl (C=O) groups is 2. The van der Waals surface area contributed by atoms with Gasteiger partial charge in [-0.05, 0) is 57.5 Å². The van der Waals surface area contributed by atoms with Gasteiger partial charge in [0.25, 0.3) is 0 Å². The summed E-state index contributed by atoms with van der Waals surface area (Å²) in [5.41, 5.74) is 1.30. The lowest BCUT2D eigenvalue weighted by molar-refractivity contribution is -0.121. The first-order chi connectivity index (χ1) is 9.97. The van der Waals surface area contributed by atoms with Crippen molar-refractivity contribution in [1.82, 2.24) is 4.90 Å². The quantitative estimate of drug-likeness (QED) is 0.828. The van der Waals surface area contributed by atoms with Gasteiger partial charge in [-0.2, -0.15) is 0 Å². The van der Waals surface area contributed by atoms with Crippen molar-refractivity contribution in [2.45, 2.75) is 38.8 Å². The minimum atomic E-state index is -0.344. The van der Waals surface area contributed by atoms with E-state index in [1.54, 1.807) is 24.3 Å². The Balaban J connectivity index is 1.95. The summed E-state index contributed by atoms with van der Waals surface area (Å²) in [5, 5.41) is 12.5. The highest BCUT2D eigenvalue weighted by molar-refractivity contribution is 5.96. The zero-order valence-electron chi connectivity index (χ0n) is 12.5. The molecule has 0 saturated carbocycles. The number of carbonyl (C=O) groups excluding carboxylic acids is 2. The monoisotopic (exact) mass is 290 g/mol. The molecular weight excluding hydrogens is 268 g/mol. The van der Waals surface area contributed by atoms with Gasteiger partial charge in [0.1, 0.15) is 0 Å². The number of nitrogens with one attached hydrogen (secondary N) is 1. The average Bonchev–Trinajstić information content (AvgIpc) is 2.47. The van der Waals surface area contributed by atoms with Crippen LogP contribution in [-0.4, -0.2) is 46.9 Å². The van der Waals surface area contributed by atoms with Crippen LogP contribution < -0.4 is 5.32 Å². The molecule has 0 aliphatic carbocycles. The van der Waals surface area contributed by atoms with Crippen LogP contribution in [0.2, 0.25) is 0 Å². The first-order valence-corrected chi connectivity index (χ1v) is 7.31. The summed E-state index contributed by atoms with van der Waals surface area (Å²) in [5.74, 6) is -0.0942. The Bertz CT molecular complexity index is 513. The van der Waals surface area contributed by atoms with Crippen LogP contribution in [-0.2, 0) is 4.79 Å². The van der Waals surface area contributed by atoms with Crippen LogP contribution in [0.15, 0.2) is 24.3 Å². The molecule has 2 N–H and O–H groups in total. The Hall–Kier alpha value is -1.72. The predicted molar refractivity (Wildman–Crippen MR) is 81.4 cm³/mol. The molecule has 0 spiro atoms. The second-order valence-corrected chi connectivity index (χ2v) is 5.59. The smallest absolute Gasteiger partial charge is 0.241 e. The number of rotatable bonds is 4. The van der Waals surface area contributed by atoms with Gasteiger partial charge in [0.05, 0.1) is 12.1 Å². The van der Waals surface area contributed by atoms with E-state index in [1.165, 1.54) is 6.92 Å². The molecule has 1 fully saturated rings. The Labute approximate surface area is 125 Å². The highest BCUT2D eigenvalue weighted by Crippen LogP contribution is 2.15. The summed E-state index contributed by atoms with van der Waals surface area (Å²) in [7, 11) is 0. The molecule has 0 radical (unpaired) electrons. The number of benzene rings is 1. The lowest BCUT2D eigenvalue weighted by atomic mass is 10.1. The normalized spacial score (nSPS) is 20.8. The first kappa shape index (κ1) is 15.7. The van der Waals surface area contributed by atoms with E-state index in [4.69, 9.17) is 0 Å². The minimum absolute atomic E-state index is 0.00329. The molecule has 21 heavy (non-hydrogen) atoms. The van der Waals surface area contributed by atoms with E-state index in [0.717, 1.165) is 19.4 Å². The number of piperidine rings is 1. The zero-order chi connectivity index (χ0) is 15.4. The maximum Gasteiger partial charge on any atom is 0.241 e. The predicted octanol–water partition coefficient (Wildman–Crippen LogP) is 1.67. The third-order valence-electron chi connectivity index (χ3n) is 3.91. The number of aliphatic hydroxyl groups is 1. The maximum atomic E-state index is 12.2. The molecule has 1 amide bonds. The van der Waals surface area contributed by atoms with Gasteiger partial charge in [0, 0.05) is 17.8 Å². The molecule has 1 saturated heterocycles. The van der Waals surface area contributed by atoms with Crippen LogP contribution in [0.5, 0.6) is 0 Å². The molecule has 0 bridgehead atoms. The van der Waals surface area contributed by atoms with Gasteiger partial charge in [-0.15, -0.1) is 0 Å². The molecule has 114 valence electrons. The molecule has 2 unspecified atom stereocenters. The Morgan fingerprint density at radius 3 is 2.57 bits per heavy atom. The van der Waals surface area contributed by atoms with E-state index in [-0.39, 0.29) is 23.8 Å². The topological polar surface area (TPSA) is 69.6 Å². The van der Waals surface area contributed by atoms with E-state index in [1.807, 2.05) is 11.8 Å². The van der Waals surface area contributed by atoms with Crippen molar-refractivity contribution in [1.29, 1.82) is 0 Å². The van der Waals surface area contributed by atoms with Gasteiger partial charge in [-0.1, -0.05) is 0 Å². The SMILES string of the molecule is CC(=O)c1ccc(NC(=O)C(C)N2CCCC(O)C2)cc1. The summed E-state index contributed by atoms with van der Waals surface area (Å²) in [6.07, 6.45) is 1.37. The number of likely N-dealkylation sites (tertiary alicyclic amines) is 1. The van der Waals surface area contributed by atoms with Crippen LogP contribution >= 0.6 is 0 Å². The summed E-state index contributed by atoms with van der Waals surface area (Å²) in [6, 6.07) is 6.58. The molecule has 5 heteroatoms. The van der Waals surface area contributed by atoms with E-state index < -0.39 is 0 Å². The van der Waals surface area contributed by atoms with Gasteiger partial charge in [-0.3, -0.25) is 14.5 Å². The van der Waals surface area contributed by atoms with Crippen molar-refractivity contribution in [2.75, 3.05) is 18.4 Å². The van der Waals surface area contributed by atoms with Crippen molar-refractivity contribution < 1.29 is 14.7 Å². The van der Waals surface area contributed by atoms with Crippen molar-refractivity contribution in [3.63, 3.8) is 0 Å². The van der Waals surface area contributed by atoms with Crippen LogP contribution in [0.25, 0.3) is 0 Å². The number of ketones is 1. The second kappa shape index (κ2) is 6.83. The lowest BCUT2D eigenvalue weighted by Crippen LogP contribution is -2.48. The number of amides is 1. The largest absolute Gasteiger partial charge is 0.392 e. The van der Waals surface area contributed by atoms with Crippen LogP contribution in [0.4, 0.5) is 5.69 Å². The second-order valence-electron chi connectivity index (χ2n) is 5.59. The van der Waals surface area contributed by atoms with E-state index in [2.05, 4.69) is 5.32 Å². The number of hydrogen-bond donors (Lipinski definition) is 2. The molecule has 1 heterocycles. The average molecular weight is 290 g/mol. The van der Waals surface area contributed by atoms with E-state index in [0.29, 0.717) is 17.8 Å². The summed E-state index contributed by atoms with van der Waals surface area (Å²) >= 11 is 0. The lowest BCUT2D eigenvalue weighted by Gasteiger charge is -2.33. The summed E-state index contributed by atoms with van der Waals surface area (Å²) in [6.45, 7) is 4.72. The fourth-order valence-electron chi connectivity index (χ4n) is 2.54. The standard InChI is InChI=1S/C16H22N2O3/c1-11(18-9-3-4-15(20)10-18)16(21)17-14-7-5-13(6-8-14)12(2)19/h5-8,11,15,20H,3-4,9-10H2,1-2H3,(H,17,21). The molecule has 0 aromatic heterocycles. The number of β-amino-alcohol motifs (C(OH)–C–C–N with tert-alkyl or cyclic N) is 1. The zero-order valence-corrected chi connectivity index (χ0v) is 12.5. The van der Waals surface area contributed by atoms with Crippen molar-refractivity contribution >= 4 is 17.4 Å². The number of aliphatic hydroxyl groups excluding tert-OH is 1. The molecule has 2 rings (SSSR count). The van der Waals surface area contributed by atoms with E-state index >= 15 is 0 Å². The Morgan fingerprint density at radius 1 is 1.33 bits per heavy atom. The van der Waals surface area contributed by atoms with Gasteiger partial charge >= 0.3 is 0 Å². The third-order valence-corrected chi connectivity index (χ3v) is 3.91. The van der Waals surface area contributed by atoms with Gasteiger partial charge in [0.2, 0.25) is 5.91 Å². The molecule has 5 nitrogen and oxygen atoms in total. The maximum absolute atomic E-state index is 12.2. The number of anilines is 1. The minimum Gasteiger partial charge on any atom is -0.392 e. The van der Waals surface area contributed by atoms with Crippen molar-refractivity contribution in [2.24, 2.45) is 0 Å². The highest BCUT2D eigenvalue weighted by atomic mass is 16.3. The number of Topliss-reactive ketones (excluding diaryl/α,β-unsaturated/α-hetero) is 1. The van der Waals surface area contributed by atoms with Crippen LogP contribution in [0.1, 0.15) is 37.0 Å². The fourth-order valence-corrected chi connectivity index (χ4v) is 2.54. The molecule has 1 aromatic rings. The van der Waals surface area contributed by atoms with Crippen molar-refractivity contribution in [3.8, 4) is 0 Å². The van der Waals surface area contributed by atoms with Gasteiger partial charge in [-0.25, -0.2) is 0 Å². The highest BCUT2D eigenvalue weighted by Gasteiger charge is 2.26. The van der Waals surface area contributed by atoms with Gasteiger partial charge in [0.15, 0.2) is 5.78 Å². The number of hydrogen-bond acceptors (Lipinski definition) is 4. The molecule has 1 aliphatic rings. The fraction of sp³-hybridized carbons (Fsp3) is 0.500.